The first kappa shape index (κ1) is 16.4. The van der Waals surface area contributed by atoms with Crippen LogP contribution in [-0.2, 0) is 11.4 Å². The van der Waals surface area contributed by atoms with Crippen LogP contribution < -0.4 is 4.72 Å². The third-order valence-electron chi connectivity index (χ3n) is 2.67. The first-order valence-corrected chi connectivity index (χ1v) is 7.53. The molecular weight excluding hydrogens is 268 g/mol. The number of hydrogen-bond acceptors (Lipinski definition) is 2. The largest absolute Gasteiger partial charge is 0.598 e. The normalized spacial score (nSPS) is 15.3. The van der Waals surface area contributed by atoms with Crippen LogP contribution in [0.25, 0.3) is 0 Å². The molecule has 108 valence electrons. The molecule has 1 rings (SSSR count). The molecule has 0 saturated carbocycles. The number of hydrogen-bond donors (Lipinski definition) is 1. The van der Waals surface area contributed by atoms with E-state index in [1.165, 1.54) is 12.1 Å². The maximum atomic E-state index is 13.3. The molecule has 0 aliphatic carbocycles. The minimum absolute atomic E-state index is 0.310. The summed E-state index contributed by atoms with van der Waals surface area (Å²) in [6.45, 7) is 7.53. The maximum Gasteiger partial charge on any atom is 0.136 e. The molecule has 0 amide bonds. The van der Waals surface area contributed by atoms with Gasteiger partial charge in [0.15, 0.2) is 0 Å². The third-order valence-corrected chi connectivity index (χ3v) is 4.28. The van der Waals surface area contributed by atoms with Gasteiger partial charge in [0.25, 0.3) is 0 Å². The lowest BCUT2D eigenvalue weighted by atomic mass is 10.0. The zero-order valence-electron chi connectivity index (χ0n) is 11.8. The monoisotopic (exact) mass is 289 g/mol. The average molecular weight is 289 g/mol. The van der Waals surface area contributed by atoms with E-state index in [0.717, 1.165) is 12.5 Å². The van der Waals surface area contributed by atoms with Gasteiger partial charge >= 0.3 is 0 Å². The molecule has 1 aromatic carbocycles. The summed E-state index contributed by atoms with van der Waals surface area (Å²) < 4.78 is 41.2. The molecule has 19 heavy (non-hydrogen) atoms. The standard InChI is InChI=1S/C14H21F2NOS/c1-5-6-13(17-19(18)14(2,3)4)10-7-11(15)9-12(16)8-10/h7-9,13,17H,5-6H2,1-4H3/t13?,19-/m0/s1. The van der Waals surface area contributed by atoms with Crippen LogP contribution in [0.3, 0.4) is 0 Å². The van der Waals surface area contributed by atoms with E-state index in [4.69, 9.17) is 0 Å². The fourth-order valence-electron chi connectivity index (χ4n) is 1.66. The Labute approximate surface area is 116 Å². The van der Waals surface area contributed by atoms with Crippen molar-refractivity contribution in [3.63, 3.8) is 0 Å². The second kappa shape index (κ2) is 6.68. The highest BCUT2D eigenvalue weighted by Crippen LogP contribution is 2.24. The van der Waals surface area contributed by atoms with Crippen LogP contribution in [0.15, 0.2) is 18.2 Å². The van der Waals surface area contributed by atoms with E-state index in [0.29, 0.717) is 12.0 Å². The zero-order valence-corrected chi connectivity index (χ0v) is 12.6. The molecular formula is C14H21F2NOS. The van der Waals surface area contributed by atoms with E-state index in [1.54, 1.807) is 0 Å². The summed E-state index contributed by atoms with van der Waals surface area (Å²) in [5, 5.41) is 0. The van der Waals surface area contributed by atoms with Gasteiger partial charge in [0.2, 0.25) is 0 Å². The molecule has 2 nitrogen and oxygen atoms in total. The van der Waals surface area contributed by atoms with Crippen molar-refractivity contribution in [3.8, 4) is 0 Å². The first-order valence-electron chi connectivity index (χ1n) is 6.38. The van der Waals surface area contributed by atoms with Crippen molar-refractivity contribution in [1.82, 2.24) is 4.72 Å². The van der Waals surface area contributed by atoms with E-state index in [-0.39, 0.29) is 6.04 Å². The van der Waals surface area contributed by atoms with Gasteiger partial charge in [-0.15, -0.1) is 4.72 Å². The topological polar surface area (TPSA) is 35.1 Å². The molecule has 0 fully saturated rings. The van der Waals surface area contributed by atoms with Crippen LogP contribution in [0, 0.1) is 11.6 Å². The molecule has 0 heterocycles. The lowest BCUT2D eigenvalue weighted by Crippen LogP contribution is -2.41. The van der Waals surface area contributed by atoms with E-state index >= 15 is 0 Å². The van der Waals surface area contributed by atoms with Crippen molar-refractivity contribution in [3.05, 3.63) is 35.4 Å². The Bertz CT molecular complexity index is 400. The molecule has 0 aliphatic heterocycles. The van der Waals surface area contributed by atoms with Crippen LogP contribution in [0.4, 0.5) is 8.78 Å². The summed E-state index contributed by atoms with van der Waals surface area (Å²) in [5.74, 6) is -1.22. The summed E-state index contributed by atoms with van der Waals surface area (Å²) >= 11 is -1.28. The third kappa shape index (κ3) is 5.09. The first-order chi connectivity index (χ1) is 8.74. The minimum Gasteiger partial charge on any atom is -0.598 e. The number of rotatable bonds is 5. The summed E-state index contributed by atoms with van der Waals surface area (Å²) in [4.78, 5) is 0. The van der Waals surface area contributed by atoms with Gasteiger partial charge in [0.1, 0.15) is 16.4 Å². The molecule has 0 spiro atoms. The van der Waals surface area contributed by atoms with Gasteiger partial charge in [-0.05, 0) is 44.9 Å². The van der Waals surface area contributed by atoms with Crippen molar-refractivity contribution < 1.29 is 13.3 Å². The molecule has 0 aromatic heterocycles. The average Bonchev–Trinajstić information content (AvgIpc) is 2.25. The fraction of sp³-hybridized carbons (Fsp3) is 0.571. The van der Waals surface area contributed by atoms with Gasteiger partial charge < -0.3 is 4.55 Å². The highest BCUT2D eigenvalue weighted by Gasteiger charge is 2.29. The summed E-state index contributed by atoms with van der Waals surface area (Å²) in [7, 11) is 0. The van der Waals surface area contributed by atoms with E-state index in [2.05, 4.69) is 4.72 Å². The lowest BCUT2D eigenvalue weighted by Gasteiger charge is -2.28. The Morgan fingerprint density at radius 3 is 2.16 bits per heavy atom. The molecule has 0 aliphatic rings. The summed E-state index contributed by atoms with van der Waals surface area (Å²) in [5.41, 5.74) is 0.497. The molecule has 0 saturated heterocycles. The van der Waals surface area contributed by atoms with E-state index in [1.807, 2.05) is 27.7 Å². The van der Waals surface area contributed by atoms with Crippen molar-refractivity contribution in [2.45, 2.75) is 51.3 Å². The van der Waals surface area contributed by atoms with Gasteiger partial charge in [-0.3, -0.25) is 0 Å². The second-order valence-corrected chi connectivity index (χ2v) is 7.54. The van der Waals surface area contributed by atoms with Gasteiger partial charge in [-0.25, -0.2) is 8.78 Å². The number of halogens is 2. The Hall–Kier alpha value is -0.650. The van der Waals surface area contributed by atoms with Gasteiger partial charge in [0.05, 0.1) is 6.04 Å². The van der Waals surface area contributed by atoms with Crippen LogP contribution >= 0.6 is 0 Å². The van der Waals surface area contributed by atoms with Crippen LogP contribution in [0.1, 0.15) is 52.1 Å². The zero-order chi connectivity index (χ0) is 14.6. The smallest absolute Gasteiger partial charge is 0.136 e. The molecule has 1 aromatic rings. The quantitative estimate of drug-likeness (QED) is 0.835. The van der Waals surface area contributed by atoms with E-state index in [9.17, 15) is 13.3 Å². The number of benzene rings is 1. The molecule has 0 radical (unpaired) electrons. The van der Waals surface area contributed by atoms with E-state index < -0.39 is 27.7 Å². The fourth-order valence-corrected chi connectivity index (χ4v) is 2.53. The second-order valence-electron chi connectivity index (χ2n) is 5.54. The van der Waals surface area contributed by atoms with Crippen LogP contribution in [0.2, 0.25) is 0 Å². The highest BCUT2D eigenvalue weighted by molar-refractivity contribution is 7.90. The Morgan fingerprint density at radius 2 is 1.74 bits per heavy atom. The summed E-state index contributed by atoms with van der Waals surface area (Å²) in [6, 6.07) is 3.11. The van der Waals surface area contributed by atoms with Gasteiger partial charge in [-0.1, -0.05) is 13.3 Å². The predicted octanol–water partition coefficient (Wildman–Crippen LogP) is 3.86. The Kier molecular flexibility index (Phi) is 5.77. The highest BCUT2D eigenvalue weighted by atomic mass is 32.2. The van der Waals surface area contributed by atoms with Crippen molar-refractivity contribution >= 4 is 11.4 Å². The summed E-state index contributed by atoms with van der Waals surface area (Å²) in [6.07, 6.45) is 1.50. The predicted molar refractivity (Wildman–Crippen MR) is 75.0 cm³/mol. The SMILES string of the molecule is CCCC(N[S@@+]([O-])C(C)(C)C)c1cc(F)cc(F)c1. The van der Waals surface area contributed by atoms with Gasteiger partial charge in [0, 0.05) is 17.4 Å². The molecule has 5 heteroatoms. The van der Waals surface area contributed by atoms with Crippen molar-refractivity contribution in [2.24, 2.45) is 0 Å². The Morgan fingerprint density at radius 1 is 1.21 bits per heavy atom. The maximum absolute atomic E-state index is 13.3. The minimum atomic E-state index is -1.28. The lowest BCUT2D eigenvalue weighted by molar-refractivity contribution is 0.504. The Balaban J connectivity index is 2.93. The van der Waals surface area contributed by atoms with Crippen molar-refractivity contribution in [1.29, 1.82) is 0 Å². The molecule has 0 bridgehead atoms. The van der Waals surface area contributed by atoms with Crippen LogP contribution in [0.5, 0.6) is 0 Å². The number of nitrogens with one attached hydrogen (secondary N) is 1. The van der Waals surface area contributed by atoms with Crippen LogP contribution in [-0.4, -0.2) is 9.30 Å². The van der Waals surface area contributed by atoms with Gasteiger partial charge in [-0.2, -0.15) is 0 Å². The molecule has 2 atom stereocenters. The van der Waals surface area contributed by atoms with Crippen molar-refractivity contribution in [2.75, 3.05) is 0 Å². The molecule has 1 N–H and O–H groups in total. The molecule has 1 unspecified atom stereocenters.